The van der Waals surface area contributed by atoms with Gasteiger partial charge in [-0.05, 0) is 30.6 Å². The topological polar surface area (TPSA) is 26.3 Å². The largest absolute Gasteiger partial charge is 0.464 e. The Morgan fingerprint density at radius 3 is 2.94 bits per heavy atom. The molecule has 3 atom stereocenters. The number of allylic oxidation sites excluding steroid dienone is 1. The second kappa shape index (κ2) is 4.06. The number of carbonyl (C=O) groups is 1. The SMILES string of the molecule is CC1=CC2C(CC1COC(=O)CCl)C2(C)C. The van der Waals surface area contributed by atoms with Gasteiger partial charge in [-0.25, -0.2) is 0 Å². The number of rotatable bonds is 3. The standard InChI is InChI=1S/C13H19ClO2/c1-8-4-10-11(13(10,2)3)5-9(8)7-16-12(15)6-14/h4,9-11H,5-7H2,1-3H3. The van der Waals surface area contributed by atoms with Crippen LogP contribution >= 0.6 is 11.6 Å². The molecule has 90 valence electrons. The summed E-state index contributed by atoms with van der Waals surface area (Å²) in [6.45, 7) is 7.27. The summed E-state index contributed by atoms with van der Waals surface area (Å²) in [6.07, 6.45) is 3.52. The molecule has 0 aromatic heterocycles. The third-order valence-corrected chi connectivity index (χ3v) is 4.54. The first-order valence-corrected chi connectivity index (χ1v) is 6.40. The van der Waals surface area contributed by atoms with Crippen molar-refractivity contribution in [2.45, 2.75) is 27.2 Å². The fraction of sp³-hybridized carbons (Fsp3) is 0.769. The number of alkyl halides is 1. The van der Waals surface area contributed by atoms with E-state index in [1.807, 2.05) is 0 Å². The highest BCUT2D eigenvalue weighted by Gasteiger charge is 2.58. The molecule has 2 nitrogen and oxygen atoms in total. The number of fused-ring (bicyclic) bond motifs is 1. The van der Waals surface area contributed by atoms with Crippen LogP contribution < -0.4 is 0 Å². The van der Waals surface area contributed by atoms with E-state index in [0.717, 1.165) is 18.3 Å². The molecule has 0 N–H and O–H groups in total. The predicted molar refractivity (Wildman–Crippen MR) is 64.3 cm³/mol. The van der Waals surface area contributed by atoms with Crippen LogP contribution in [0.25, 0.3) is 0 Å². The quantitative estimate of drug-likeness (QED) is 0.432. The molecule has 2 rings (SSSR count). The Labute approximate surface area is 102 Å². The van der Waals surface area contributed by atoms with Gasteiger partial charge in [-0.2, -0.15) is 0 Å². The highest BCUT2D eigenvalue weighted by atomic mass is 35.5. The van der Waals surface area contributed by atoms with Gasteiger partial charge >= 0.3 is 5.97 Å². The van der Waals surface area contributed by atoms with Crippen molar-refractivity contribution >= 4 is 17.6 Å². The lowest BCUT2D eigenvalue weighted by molar-refractivity contribution is -0.141. The molecule has 0 heterocycles. The van der Waals surface area contributed by atoms with Crippen LogP contribution in [0.15, 0.2) is 11.6 Å². The van der Waals surface area contributed by atoms with Gasteiger partial charge in [0.25, 0.3) is 0 Å². The van der Waals surface area contributed by atoms with Crippen LogP contribution in [0.5, 0.6) is 0 Å². The second-order valence-electron chi connectivity index (χ2n) is 5.61. The summed E-state index contributed by atoms with van der Waals surface area (Å²) in [6, 6.07) is 0. The van der Waals surface area contributed by atoms with E-state index in [0.29, 0.717) is 17.9 Å². The van der Waals surface area contributed by atoms with Crippen molar-refractivity contribution in [3.8, 4) is 0 Å². The summed E-state index contributed by atoms with van der Waals surface area (Å²) < 4.78 is 5.12. The van der Waals surface area contributed by atoms with E-state index >= 15 is 0 Å². The fourth-order valence-electron chi connectivity index (χ4n) is 2.91. The molecular formula is C13H19ClO2. The lowest BCUT2D eigenvalue weighted by Gasteiger charge is -2.20. The van der Waals surface area contributed by atoms with Crippen molar-refractivity contribution < 1.29 is 9.53 Å². The molecule has 0 aromatic carbocycles. The van der Waals surface area contributed by atoms with Crippen LogP contribution in [0, 0.1) is 23.2 Å². The Morgan fingerprint density at radius 2 is 2.31 bits per heavy atom. The molecular weight excluding hydrogens is 224 g/mol. The van der Waals surface area contributed by atoms with E-state index in [1.165, 1.54) is 5.57 Å². The molecule has 0 saturated heterocycles. The van der Waals surface area contributed by atoms with Crippen molar-refractivity contribution in [2.75, 3.05) is 12.5 Å². The lowest BCUT2D eigenvalue weighted by atomic mass is 9.89. The Kier molecular flexibility index (Phi) is 3.04. The molecule has 0 aliphatic heterocycles. The van der Waals surface area contributed by atoms with Crippen LogP contribution in [0.1, 0.15) is 27.2 Å². The zero-order valence-corrected chi connectivity index (χ0v) is 10.9. The van der Waals surface area contributed by atoms with Crippen LogP contribution in [0.3, 0.4) is 0 Å². The first-order valence-electron chi connectivity index (χ1n) is 5.86. The summed E-state index contributed by atoms with van der Waals surface area (Å²) in [5.41, 5.74) is 1.82. The van der Waals surface area contributed by atoms with E-state index in [-0.39, 0.29) is 11.8 Å². The number of hydrogen-bond donors (Lipinski definition) is 0. The summed E-state index contributed by atoms with van der Waals surface area (Å²) in [4.78, 5) is 11.0. The first-order chi connectivity index (χ1) is 7.46. The highest BCUT2D eigenvalue weighted by molar-refractivity contribution is 6.26. The molecule has 0 aromatic rings. The number of halogens is 1. The maximum atomic E-state index is 11.0. The summed E-state index contributed by atoms with van der Waals surface area (Å²) >= 11 is 5.40. The zero-order valence-electron chi connectivity index (χ0n) is 10.1. The van der Waals surface area contributed by atoms with Crippen LogP contribution in [0.2, 0.25) is 0 Å². The van der Waals surface area contributed by atoms with Gasteiger partial charge < -0.3 is 4.74 Å². The Bertz CT molecular complexity index is 333. The smallest absolute Gasteiger partial charge is 0.320 e. The molecule has 2 aliphatic rings. The predicted octanol–water partition coefficient (Wildman–Crippen LogP) is 3.01. The molecule has 0 spiro atoms. The van der Waals surface area contributed by atoms with Gasteiger partial charge in [-0.1, -0.05) is 25.5 Å². The minimum atomic E-state index is -0.313. The Morgan fingerprint density at radius 1 is 1.62 bits per heavy atom. The highest BCUT2D eigenvalue weighted by Crippen LogP contribution is 2.64. The van der Waals surface area contributed by atoms with Crippen molar-refractivity contribution in [2.24, 2.45) is 23.2 Å². The van der Waals surface area contributed by atoms with Crippen molar-refractivity contribution in [3.63, 3.8) is 0 Å². The normalized spacial score (nSPS) is 35.0. The number of carbonyl (C=O) groups excluding carboxylic acids is 1. The molecule has 0 radical (unpaired) electrons. The van der Waals surface area contributed by atoms with Gasteiger partial charge in [0.2, 0.25) is 0 Å². The van der Waals surface area contributed by atoms with E-state index in [4.69, 9.17) is 16.3 Å². The molecule has 0 amide bonds. The molecule has 0 bridgehead atoms. The maximum Gasteiger partial charge on any atom is 0.320 e. The Hall–Kier alpha value is -0.500. The lowest BCUT2D eigenvalue weighted by Crippen LogP contribution is -2.18. The molecule has 1 saturated carbocycles. The van der Waals surface area contributed by atoms with E-state index in [1.54, 1.807) is 0 Å². The van der Waals surface area contributed by atoms with Crippen molar-refractivity contribution in [3.05, 3.63) is 11.6 Å². The summed E-state index contributed by atoms with van der Waals surface area (Å²) in [5.74, 6) is 1.55. The first kappa shape index (κ1) is 12.0. The van der Waals surface area contributed by atoms with Crippen LogP contribution in [-0.2, 0) is 9.53 Å². The van der Waals surface area contributed by atoms with Gasteiger partial charge in [-0.15, -0.1) is 11.6 Å². The average molecular weight is 243 g/mol. The summed E-state index contributed by atoms with van der Waals surface area (Å²) in [5, 5.41) is 0. The summed E-state index contributed by atoms with van der Waals surface area (Å²) in [7, 11) is 0. The van der Waals surface area contributed by atoms with Gasteiger partial charge in [0.1, 0.15) is 5.88 Å². The number of hydrogen-bond acceptors (Lipinski definition) is 2. The van der Waals surface area contributed by atoms with E-state index < -0.39 is 0 Å². The minimum absolute atomic E-state index is 0.0486. The van der Waals surface area contributed by atoms with Gasteiger partial charge in [-0.3, -0.25) is 4.79 Å². The van der Waals surface area contributed by atoms with Crippen LogP contribution in [0.4, 0.5) is 0 Å². The molecule has 3 unspecified atom stereocenters. The monoisotopic (exact) mass is 242 g/mol. The average Bonchev–Trinajstić information content (AvgIpc) is 2.76. The van der Waals surface area contributed by atoms with Gasteiger partial charge in [0, 0.05) is 5.92 Å². The Balaban J connectivity index is 1.92. The van der Waals surface area contributed by atoms with Gasteiger partial charge in [0.15, 0.2) is 0 Å². The zero-order chi connectivity index (χ0) is 11.9. The van der Waals surface area contributed by atoms with E-state index in [2.05, 4.69) is 26.8 Å². The molecule has 16 heavy (non-hydrogen) atoms. The van der Waals surface area contributed by atoms with Crippen molar-refractivity contribution in [1.29, 1.82) is 0 Å². The van der Waals surface area contributed by atoms with Gasteiger partial charge in [0.05, 0.1) is 6.61 Å². The molecule has 2 aliphatic carbocycles. The third-order valence-electron chi connectivity index (χ3n) is 4.32. The minimum Gasteiger partial charge on any atom is -0.464 e. The van der Waals surface area contributed by atoms with E-state index in [9.17, 15) is 4.79 Å². The van der Waals surface area contributed by atoms with Crippen molar-refractivity contribution in [1.82, 2.24) is 0 Å². The molecule has 3 heteroatoms. The third kappa shape index (κ3) is 2.00. The second-order valence-corrected chi connectivity index (χ2v) is 5.88. The van der Waals surface area contributed by atoms with Crippen LogP contribution in [-0.4, -0.2) is 18.5 Å². The molecule has 1 fully saturated rings. The number of ether oxygens (including phenoxy) is 1. The number of esters is 1. The maximum absolute atomic E-state index is 11.0. The fourth-order valence-corrected chi connectivity index (χ4v) is 2.99.